The van der Waals surface area contributed by atoms with Gasteiger partial charge in [0.25, 0.3) is 0 Å². The van der Waals surface area contributed by atoms with E-state index in [4.69, 9.17) is 15.2 Å². The van der Waals surface area contributed by atoms with Crippen molar-refractivity contribution in [1.82, 2.24) is 0 Å². The first-order chi connectivity index (χ1) is 16.7. The molecule has 1 unspecified atom stereocenters. The van der Waals surface area contributed by atoms with Gasteiger partial charge in [0.2, 0.25) is 0 Å². The van der Waals surface area contributed by atoms with Crippen LogP contribution in [0.1, 0.15) is 32.2 Å². The third-order valence-electron chi connectivity index (χ3n) is 5.34. The summed E-state index contributed by atoms with van der Waals surface area (Å²) in [6.07, 6.45) is 0. The Hall–Kier alpha value is -5.11. The van der Waals surface area contributed by atoms with E-state index in [9.17, 15) is 34.7 Å². The van der Waals surface area contributed by atoms with E-state index in [0.29, 0.717) is 5.56 Å². The number of methoxy groups -OCH3 is 2. The third-order valence-corrected chi connectivity index (χ3v) is 5.34. The highest BCUT2D eigenvalue weighted by molar-refractivity contribution is 6.10. The summed E-state index contributed by atoms with van der Waals surface area (Å²) in [7, 11) is 2.10. The minimum Gasteiger partial charge on any atom is -0.478 e. The van der Waals surface area contributed by atoms with Crippen LogP contribution in [-0.4, -0.2) is 48.3 Å². The summed E-state index contributed by atoms with van der Waals surface area (Å²) in [4.78, 5) is 50.8. The number of carboxylic acid groups (broad SMARTS) is 2. The maximum atomic E-state index is 13.0. The van der Waals surface area contributed by atoms with Crippen molar-refractivity contribution in [1.29, 1.82) is 5.26 Å². The van der Waals surface area contributed by atoms with E-state index in [-0.39, 0.29) is 22.7 Å². The lowest BCUT2D eigenvalue weighted by Crippen LogP contribution is -2.41. The summed E-state index contributed by atoms with van der Waals surface area (Å²) < 4.78 is 9.78. The number of allylic oxidation sites excluding steroid dienone is 1. The Balaban J connectivity index is 2.52. The molecule has 0 saturated carbocycles. The average molecular weight is 477 g/mol. The van der Waals surface area contributed by atoms with Crippen molar-refractivity contribution < 1.29 is 38.9 Å². The largest absolute Gasteiger partial charge is 0.478 e. The molecule has 1 aliphatic rings. The molecule has 2 aromatic carbocycles. The smallest absolute Gasteiger partial charge is 0.355 e. The molecule has 0 aromatic heterocycles. The van der Waals surface area contributed by atoms with E-state index in [0.717, 1.165) is 25.2 Å². The first-order valence-electron chi connectivity index (χ1n) is 9.94. The number of carbonyl (C=O) groups excluding carboxylic acids is 2. The molecule has 178 valence electrons. The highest BCUT2D eigenvalue weighted by Gasteiger charge is 2.44. The molecule has 3 rings (SSSR count). The van der Waals surface area contributed by atoms with Crippen molar-refractivity contribution in [2.45, 2.75) is 5.92 Å². The summed E-state index contributed by atoms with van der Waals surface area (Å²) in [6, 6.07) is 13.6. The van der Waals surface area contributed by atoms with Crippen LogP contribution in [0.15, 0.2) is 71.2 Å². The van der Waals surface area contributed by atoms with Gasteiger partial charge >= 0.3 is 23.9 Å². The van der Waals surface area contributed by atoms with Gasteiger partial charge in [0, 0.05) is 0 Å². The first kappa shape index (κ1) is 24.5. The highest BCUT2D eigenvalue weighted by Crippen LogP contribution is 2.44. The molecule has 0 saturated heterocycles. The molecular weight excluding hydrogens is 458 g/mol. The van der Waals surface area contributed by atoms with Gasteiger partial charge in [0.05, 0.1) is 54.2 Å². The van der Waals surface area contributed by atoms with Gasteiger partial charge in [-0.1, -0.05) is 36.4 Å². The number of anilines is 1. The maximum Gasteiger partial charge on any atom is 0.355 e. The highest BCUT2D eigenvalue weighted by atomic mass is 16.5. The predicted octanol–water partition coefficient (Wildman–Crippen LogP) is 1.98. The number of nitrogens with zero attached hydrogens (tertiary/aromatic N) is 2. The maximum absolute atomic E-state index is 13.0. The first-order valence-corrected chi connectivity index (χ1v) is 9.94. The van der Waals surface area contributed by atoms with Gasteiger partial charge in [0.1, 0.15) is 11.5 Å². The van der Waals surface area contributed by atoms with Crippen molar-refractivity contribution >= 4 is 29.6 Å². The molecule has 2 aromatic rings. The predicted molar refractivity (Wildman–Crippen MR) is 120 cm³/mol. The molecule has 1 heterocycles. The van der Waals surface area contributed by atoms with E-state index >= 15 is 0 Å². The van der Waals surface area contributed by atoms with Crippen molar-refractivity contribution in [3.63, 3.8) is 0 Å². The zero-order chi connectivity index (χ0) is 25.9. The van der Waals surface area contributed by atoms with Crippen LogP contribution in [-0.2, 0) is 19.1 Å². The Labute approximate surface area is 198 Å². The Morgan fingerprint density at radius 2 is 1.57 bits per heavy atom. The number of carbonyl (C=O) groups is 4. The minimum atomic E-state index is -1.64. The molecule has 0 spiro atoms. The molecule has 35 heavy (non-hydrogen) atoms. The summed E-state index contributed by atoms with van der Waals surface area (Å²) in [5.41, 5.74) is 4.01. The molecule has 0 aliphatic carbocycles. The fourth-order valence-electron chi connectivity index (χ4n) is 3.89. The lowest BCUT2D eigenvalue weighted by Gasteiger charge is -2.36. The topological polar surface area (TPSA) is 180 Å². The fraction of sp³-hybridized carbons (Fsp3) is 0.125. The third kappa shape index (κ3) is 4.16. The summed E-state index contributed by atoms with van der Waals surface area (Å²) >= 11 is 0. The normalized spacial score (nSPS) is 15.3. The molecule has 4 N–H and O–H groups in total. The van der Waals surface area contributed by atoms with Gasteiger partial charge in [-0.3, -0.25) is 4.90 Å². The standard InChI is InChI=1S/C24H19N3O8/c1-34-23(32)18-16(12-7-4-3-5-8-12)14(11-25)20(26)27(19(18)24(33)35-2)15-10-6-9-13(21(28)29)17(15)22(30)31/h3-10,16H,26H2,1-2H3,(H,28,29)(H,30,31). The second kappa shape index (κ2) is 9.80. The van der Waals surface area contributed by atoms with E-state index in [1.807, 2.05) is 6.07 Å². The van der Waals surface area contributed by atoms with Crippen molar-refractivity contribution in [2.24, 2.45) is 5.73 Å². The van der Waals surface area contributed by atoms with E-state index in [1.54, 1.807) is 30.3 Å². The summed E-state index contributed by atoms with van der Waals surface area (Å²) in [5, 5.41) is 29.4. The minimum absolute atomic E-state index is 0.193. The molecule has 0 bridgehead atoms. The van der Waals surface area contributed by atoms with Gasteiger partial charge < -0.3 is 25.4 Å². The van der Waals surface area contributed by atoms with Crippen LogP contribution >= 0.6 is 0 Å². The van der Waals surface area contributed by atoms with Gasteiger partial charge in [-0.15, -0.1) is 0 Å². The second-order valence-electron chi connectivity index (χ2n) is 7.15. The molecule has 0 fully saturated rings. The van der Waals surface area contributed by atoms with Crippen LogP contribution in [0.5, 0.6) is 0 Å². The van der Waals surface area contributed by atoms with Crippen LogP contribution < -0.4 is 10.6 Å². The SMILES string of the molecule is COC(=O)C1=C(C(=O)OC)N(c2cccc(C(=O)O)c2C(=O)O)C(N)=C(C#N)C1c1ccccc1. The number of carboxylic acids is 2. The number of rotatable bonds is 6. The summed E-state index contributed by atoms with van der Waals surface area (Å²) in [6.45, 7) is 0. The quantitative estimate of drug-likeness (QED) is 0.518. The second-order valence-corrected chi connectivity index (χ2v) is 7.15. The number of benzene rings is 2. The zero-order valence-corrected chi connectivity index (χ0v) is 18.5. The molecule has 0 amide bonds. The molecular formula is C24H19N3O8. The van der Waals surface area contributed by atoms with Gasteiger partial charge in [-0.25, -0.2) is 19.2 Å². The van der Waals surface area contributed by atoms with Crippen LogP contribution in [0.4, 0.5) is 5.69 Å². The number of ether oxygens (including phenoxy) is 2. The Kier molecular flexibility index (Phi) is 6.87. The van der Waals surface area contributed by atoms with Crippen LogP contribution in [0, 0.1) is 11.3 Å². The number of nitrogens with two attached hydrogens (primary N) is 1. The average Bonchev–Trinajstić information content (AvgIpc) is 2.86. The lowest BCUT2D eigenvalue weighted by atomic mass is 9.80. The monoisotopic (exact) mass is 477 g/mol. The molecule has 1 aliphatic heterocycles. The van der Waals surface area contributed by atoms with Crippen molar-refractivity contribution in [2.75, 3.05) is 19.1 Å². The number of aromatic carboxylic acids is 2. The van der Waals surface area contributed by atoms with E-state index < -0.39 is 46.6 Å². The van der Waals surface area contributed by atoms with Gasteiger partial charge in [0.15, 0.2) is 0 Å². The molecule has 11 nitrogen and oxygen atoms in total. The number of hydrogen-bond donors (Lipinski definition) is 3. The summed E-state index contributed by atoms with van der Waals surface area (Å²) in [5.74, 6) is -6.84. The van der Waals surface area contributed by atoms with Crippen LogP contribution in [0.2, 0.25) is 0 Å². The number of hydrogen-bond acceptors (Lipinski definition) is 9. The molecule has 1 atom stereocenters. The number of esters is 2. The van der Waals surface area contributed by atoms with Crippen molar-refractivity contribution in [3.8, 4) is 6.07 Å². The van der Waals surface area contributed by atoms with Crippen LogP contribution in [0.25, 0.3) is 0 Å². The number of nitriles is 1. The lowest BCUT2D eigenvalue weighted by molar-refractivity contribution is -0.139. The van der Waals surface area contributed by atoms with E-state index in [2.05, 4.69) is 0 Å². The zero-order valence-electron chi connectivity index (χ0n) is 18.5. The Morgan fingerprint density at radius 1 is 0.943 bits per heavy atom. The Morgan fingerprint density at radius 3 is 2.09 bits per heavy atom. The van der Waals surface area contributed by atoms with Gasteiger partial charge in [-0.2, -0.15) is 5.26 Å². The fourth-order valence-corrected chi connectivity index (χ4v) is 3.89. The van der Waals surface area contributed by atoms with Gasteiger partial charge in [-0.05, 0) is 17.7 Å². The van der Waals surface area contributed by atoms with E-state index in [1.165, 1.54) is 12.1 Å². The van der Waals surface area contributed by atoms with Crippen LogP contribution in [0.3, 0.4) is 0 Å². The molecule has 0 radical (unpaired) electrons. The molecule has 11 heteroatoms. The van der Waals surface area contributed by atoms with Crippen molar-refractivity contribution in [3.05, 3.63) is 87.9 Å². The Bertz CT molecular complexity index is 1340.